The maximum absolute atomic E-state index is 12.1. The summed E-state index contributed by atoms with van der Waals surface area (Å²) in [5.74, 6) is 0.574. The van der Waals surface area contributed by atoms with E-state index in [1.54, 1.807) is 0 Å². The zero-order chi connectivity index (χ0) is 14.4. The van der Waals surface area contributed by atoms with Crippen molar-refractivity contribution >= 4 is 5.91 Å². The first-order valence-corrected chi connectivity index (χ1v) is 7.88. The molecule has 0 aliphatic carbocycles. The van der Waals surface area contributed by atoms with E-state index in [4.69, 9.17) is 9.47 Å². The van der Waals surface area contributed by atoms with E-state index in [9.17, 15) is 4.79 Å². The largest absolute Gasteiger partial charge is 0.347 e. The number of rotatable bonds is 6. The number of hydrogen-bond donors (Lipinski definition) is 1. The molecule has 1 N–H and O–H groups in total. The van der Waals surface area contributed by atoms with Crippen LogP contribution in [-0.2, 0) is 14.3 Å². The second-order valence-corrected chi connectivity index (χ2v) is 6.17. The Balaban J connectivity index is 1.60. The minimum absolute atomic E-state index is 0.245. The van der Waals surface area contributed by atoms with E-state index in [0.717, 1.165) is 45.4 Å². The molecule has 20 heavy (non-hydrogen) atoms. The third-order valence-electron chi connectivity index (χ3n) is 4.11. The maximum atomic E-state index is 12.1. The van der Waals surface area contributed by atoms with Crippen molar-refractivity contribution in [2.24, 2.45) is 5.92 Å². The van der Waals surface area contributed by atoms with Gasteiger partial charge in [-0.2, -0.15) is 0 Å². The highest BCUT2D eigenvalue weighted by Crippen LogP contribution is 2.31. The molecule has 2 fully saturated rings. The lowest BCUT2D eigenvalue weighted by Gasteiger charge is -2.37. The molecule has 5 nitrogen and oxygen atoms in total. The fraction of sp³-hybridized carbons (Fsp3) is 0.933. The smallest absolute Gasteiger partial charge is 0.223 e. The Morgan fingerprint density at radius 2 is 1.85 bits per heavy atom. The molecule has 0 unspecified atom stereocenters. The fourth-order valence-electron chi connectivity index (χ4n) is 2.75. The summed E-state index contributed by atoms with van der Waals surface area (Å²) in [5.41, 5.74) is 0. The molecule has 0 aromatic rings. The van der Waals surface area contributed by atoms with Gasteiger partial charge in [0, 0.05) is 38.9 Å². The summed E-state index contributed by atoms with van der Waals surface area (Å²) in [7, 11) is 0. The number of hydrogen-bond acceptors (Lipinski definition) is 4. The molecule has 1 amide bonds. The summed E-state index contributed by atoms with van der Waals surface area (Å²) in [6.45, 7) is 9.08. The van der Waals surface area contributed by atoms with E-state index in [-0.39, 0.29) is 11.7 Å². The Bertz CT molecular complexity index is 304. The SMILES string of the molecule is CC(C)CCNCCC(=O)N1CCC2(CC1)OCCO2. The average molecular weight is 284 g/mol. The second kappa shape index (κ2) is 7.38. The number of ether oxygens (including phenoxy) is 2. The fourth-order valence-corrected chi connectivity index (χ4v) is 2.75. The molecule has 0 bridgehead atoms. The quantitative estimate of drug-likeness (QED) is 0.749. The zero-order valence-electron chi connectivity index (χ0n) is 12.8. The molecule has 0 aromatic heterocycles. The number of piperidine rings is 1. The van der Waals surface area contributed by atoms with Crippen LogP contribution in [0.4, 0.5) is 0 Å². The van der Waals surface area contributed by atoms with Crippen LogP contribution < -0.4 is 5.32 Å². The van der Waals surface area contributed by atoms with Crippen molar-refractivity contribution in [1.82, 2.24) is 10.2 Å². The average Bonchev–Trinajstić information content (AvgIpc) is 2.87. The zero-order valence-corrected chi connectivity index (χ0v) is 12.8. The van der Waals surface area contributed by atoms with Gasteiger partial charge in [0.25, 0.3) is 0 Å². The first kappa shape index (κ1) is 15.7. The van der Waals surface area contributed by atoms with Crippen LogP contribution in [0.5, 0.6) is 0 Å². The first-order valence-electron chi connectivity index (χ1n) is 7.88. The molecule has 0 radical (unpaired) electrons. The molecule has 2 aliphatic rings. The Morgan fingerprint density at radius 3 is 2.45 bits per heavy atom. The highest BCUT2D eigenvalue weighted by Gasteiger charge is 2.40. The number of carbonyl (C=O) groups excluding carboxylic acids is 1. The van der Waals surface area contributed by atoms with Gasteiger partial charge in [0.2, 0.25) is 5.91 Å². The van der Waals surface area contributed by atoms with Gasteiger partial charge in [0.05, 0.1) is 13.2 Å². The van der Waals surface area contributed by atoms with E-state index >= 15 is 0 Å². The van der Waals surface area contributed by atoms with Gasteiger partial charge in [-0.05, 0) is 18.9 Å². The predicted octanol–water partition coefficient (Wildman–Crippen LogP) is 1.38. The summed E-state index contributed by atoms with van der Waals surface area (Å²) in [5, 5.41) is 3.34. The molecule has 0 atom stereocenters. The highest BCUT2D eigenvalue weighted by molar-refractivity contribution is 5.76. The van der Waals surface area contributed by atoms with Crippen LogP contribution in [0.1, 0.15) is 39.5 Å². The lowest BCUT2D eigenvalue weighted by molar-refractivity contribution is -0.187. The Kier molecular flexibility index (Phi) is 5.81. The molecule has 0 saturated carbocycles. The number of nitrogens with zero attached hydrogens (tertiary/aromatic N) is 1. The molecule has 0 aromatic carbocycles. The van der Waals surface area contributed by atoms with Gasteiger partial charge in [0.15, 0.2) is 5.79 Å². The Hall–Kier alpha value is -0.650. The lowest BCUT2D eigenvalue weighted by atomic mass is 10.0. The van der Waals surface area contributed by atoms with Crippen molar-refractivity contribution in [1.29, 1.82) is 0 Å². The summed E-state index contributed by atoms with van der Waals surface area (Å²) < 4.78 is 11.3. The Morgan fingerprint density at radius 1 is 1.20 bits per heavy atom. The van der Waals surface area contributed by atoms with Gasteiger partial charge in [0.1, 0.15) is 0 Å². The topological polar surface area (TPSA) is 50.8 Å². The summed E-state index contributed by atoms with van der Waals surface area (Å²) in [6.07, 6.45) is 3.36. The van der Waals surface area contributed by atoms with Crippen molar-refractivity contribution < 1.29 is 14.3 Å². The first-order chi connectivity index (χ1) is 9.61. The van der Waals surface area contributed by atoms with E-state index in [2.05, 4.69) is 19.2 Å². The van der Waals surface area contributed by atoms with E-state index in [1.807, 2.05) is 4.90 Å². The predicted molar refractivity (Wildman–Crippen MR) is 77.4 cm³/mol. The maximum Gasteiger partial charge on any atom is 0.223 e. The summed E-state index contributed by atoms with van der Waals surface area (Å²) in [6, 6.07) is 0. The molecule has 2 aliphatic heterocycles. The Labute approximate surface area is 122 Å². The van der Waals surface area contributed by atoms with Gasteiger partial charge in [-0.15, -0.1) is 0 Å². The normalized spacial score (nSPS) is 21.9. The van der Waals surface area contributed by atoms with Gasteiger partial charge < -0.3 is 19.7 Å². The van der Waals surface area contributed by atoms with E-state index in [0.29, 0.717) is 25.6 Å². The minimum atomic E-state index is -0.383. The van der Waals surface area contributed by atoms with Crippen molar-refractivity contribution in [3.8, 4) is 0 Å². The minimum Gasteiger partial charge on any atom is -0.347 e. The van der Waals surface area contributed by atoms with Crippen LogP contribution in [0.3, 0.4) is 0 Å². The molecule has 2 saturated heterocycles. The molecule has 2 heterocycles. The molecule has 116 valence electrons. The van der Waals surface area contributed by atoms with Gasteiger partial charge in [-0.25, -0.2) is 0 Å². The third kappa shape index (κ3) is 4.43. The van der Waals surface area contributed by atoms with Crippen molar-refractivity contribution in [2.45, 2.75) is 45.3 Å². The van der Waals surface area contributed by atoms with Crippen LogP contribution in [0.15, 0.2) is 0 Å². The van der Waals surface area contributed by atoms with Crippen LogP contribution in [0, 0.1) is 5.92 Å². The van der Waals surface area contributed by atoms with Crippen LogP contribution in [0.2, 0.25) is 0 Å². The number of amides is 1. The van der Waals surface area contributed by atoms with Gasteiger partial charge in [-0.3, -0.25) is 4.79 Å². The summed E-state index contributed by atoms with van der Waals surface area (Å²) >= 11 is 0. The van der Waals surface area contributed by atoms with E-state index < -0.39 is 0 Å². The van der Waals surface area contributed by atoms with E-state index in [1.165, 1.54) is 0 Å². The van der Waals surface area contributed by atoms with Crippen molar-refractivity contribution in [3.05, 3.63) is 0 Å². The van der Waals surface area contributed by atoms with Crippen molar-refractivity contribution in [3.63, 3.8) is 0 Å². The highest BCUT2D eigenvalue weighted by atomic mass is 16.7. The van der Waals surface area contributed by atoms with Crippen molar-refractivity contribution in [2.75, 3.05) is 39.4 Å². The third-order valence-corrected chi connectivity index (χ3v) is 4.11. The van der Waals surface area contributed by atoms with Crippen LogP contribution in [0.25, 0.3) is 0 Å². The molecule has 2 rings (SSSR count). The molecule has 5 heteroatoms. The van der Waals surface area contributed by atoms with Crippen LogP contribution >= 0.6 is 0 Å². The molecule has 1 spiro atoms. The molecular formula is C15H28N2O3. The number of carbonyl (C=O) groups is 1. The van der Waals surface area contributed by atoms with Crippen LogP contribution in [-0.4, -0.2) is 56.0 Å². The number of nitrogens with one attached hydrogen (secondary N) is 1. The number of likely N-dealkylation sites (tertiary alicyclic amines) is 1. The van der Waals surface area contributed by atoms with Gasteiger partial charge in [-0.1, -0.05) is 13.8 Å². The van der Waals surface area contributed by atoms with Gasteiger partial charge >= 0.3 is 0 Å². The summed E-state index contributed by atoms with van der Waals surface area (Å²) in [4.78, 5) is 14.0. The molecular weight excluding hydrogens is 256 g/mol. The monoisotopic (exact) mass is 284 g/mol. The second-order valence-electron chi connectivity index (χ2n) is 6.17. The lowest BCUT2D eigenvalue weighted by Crippen LogP contribution is -2.47. The standard InChI is InChI=1S/C15H28N2O3/c1-13(2)3-7-16-8-4-14(18)17-9-5-15(6-10-17)19-11-12-20-15/h13,16H,3-12H2,1-2H3.